The third-order valence-electron chi connectivity index (χ3n) is 1.67. The van der Waals surface area contributed by atoms with E-state index in [1.807, 2.05) is 0 Å². The summed E-state index contributed by atoms with van der Waals surface area (Å²) < 4.78 is 0. The van der Waals surface area contributed by atoms with Crippen LogP contribution in [0.5, 0.6) is 5.75 Å². The minimum absolute atomic E-state index is 0.291. The van der Waals surface area contributed by atoms with Gasteiger partial charge in [-0.05, 0) is 12.5 Å². The van der Waals surface area contributed by atoms with Gasteiger partial charge in [0.15, 0.2) is 0 Å². The molecule has 0 fully saturated rings. The van der Waals surface area contributed by atoms with E-state index in [2.05, 4.69) is 6.58 Å². The predicted molar refractivity (Wildman–Crippen MR) is 49.5 cm³/mol. The number of rotatable bonds is 2. The number of nitro groups is 1. The van der Waals surface area contributed by atoms with Crippen LogP contribution in [0.2, 0.25) is 0 Å². The van der Waals surface area contributed by atoms with Crippen LogP contribution in [0.3, 0.4) is 0 Å². The molecule has 4 heteroatoms. The van der Waals surface area contributed by atoms with Gasteiger partial charge in [0.2, 0.25) is 5.75 Å². The van der Waals surface area contributed by atoms with E-state index in [-0.39, 0.29) is 11.4 Å². The summed E-state index contributed by atoms with van der Waals surface area (Å²) in [4.78, 5) is 9.79. The van der Waals surface area contributed by atoms with E-state index < -0.39 is 4.92 Å². The van der Waals surface area contributed by atoms with Crippen LogP contribution in [-0.2, 0) is 0 Å². The molecular formula is C9H9NO3. The molecular weight excluding hydrogens is 170 g/mol. The number of hydrogen-bond donors (Lipinski definition) is 1. The fourth-order valence-electron chi connectivity index (χ4n) is 1.02. The van der Waals surface area contributed by atoms with Crippen molar-refractivity contribution >= 4 is 11.3 Å². The molecule has 0 saturated carbocycles. The van der Waals surface area contributed by atoms with Crippen molar-refractivity contribution in [2.45, 2.75) is 6.92 Å². The summed E-state index contributed by atoms with van der Waals surface area (Å²) in [5.41, 5.74) is 0.718. The van der Waals surface area contributed by atoms with Crippen molar-refractivity contribution in [3.63, 3.8) is 0 Å². The molecule has 0 aliphatic heterocycles. The van der Waals surface area contributed by atoms with Gasteiger partial charge in [-0.15, -0.1) is 0 Å². The standard InChI is InChI=1S/C9H9NO3/c1-6(2)7-4-3-5-8(9(7)11)10(12)13/h3-5,11H,1H2,2H3. The van der Waals surface area contributed by atoms with Crippen molar-refractivity contribution in [3.8, 4) is 5.75 Å². The fraction of sp³-hybridized carbons (Fsp3) is 0.111. The van der Waals surface area contributed by atoms with Crippen molar-refractivity contribution in [2.24, 2.45) is 0 Å². The number of para-hydroxylation sites is 1. The molecule has 0 saturated heterocycles. The lowest BCUT2D eigenvalue weighted by Crippen LogP contribution is -1.90. The molecule has 0 atom stereocenters. The van der Waals surface area contributed by atoms with Crippen molar-refractivity contribution in [2.75, 3.05) is 0 Å². The van der Waals surface area contributed by atoms with E-state index >= 15 is 0 Å². The molecule has 0 aromatic heterocycles. The van der Waals surface area contributed by atoms with Crippen LogP contribution >= 0.6 is 0 Å². The summed E-state index contributed by atoms with van der Waals surface area (Å²) in [6, 6.07) is 4.36. The summed E-state index contributed by atoms with van der Waals surface area (Å²) in [5.74, 6) is -0.319. The lowest BCUT2D eigenvalue weighted by molar-refractivity contribution is -0.385. The van der Waals surface area contributed by atoms with E-state index in [1.54, 1.807) is 13.0 Å². The average Bonchev–Trinajstić information content (AvgIpc) is 2.03. The maximum Gasteiger partial charge on any atom is 0.311 e. The first-order chi connectivity index (χ1) is 6.04. The molecule has 0 bridgehead atoms. The smallest absolute Gasteiger partial charge is 0.311 e. The Morgan fingerprint density at radius 2 is 2.23 bits per heavy atom. The third kappa shape index (κ3) is 1.66. The number of nitro benzene ring substituents is 1. The zero-order valence-electron chi connectivity index (χ0n) is 7.15. The fourth-order valence-corrected chi connectivity index (χ4v) is 1.02. The number of aromatic hydroxyl groups is 1. The van der Waals surface area contributed by atoms with E-state index in [9.17, 15) is 15.2 Å². The van der Waals surface area contributed by atoms with Crippen LogP contribution in [0, 0.1) is 10.1 Å². The van der Waals surface area contributed by atoms with Gasteiger partial charge in [-0.1, -0.05) is 18.7 Å². The van der Waals surface area contributed by atoms with Crippen LogP contribution in [0.15, 0.2) is 24.8 Å². The van der Waals surface area contributed by atoms with Crippen LogP contribution in [0.1, 0.15) is 12.5 Å². The monoisotopic (exact) mass is 179 g/mol. The summed E-state index contributed by atoms with van der Waals surface area (Å²) in [6.45, 7) is 5.28. The van der Waals surface area contributed by atoms with Crippen LogP contribution in [0.4, 0.5) is 5.69 Å². The summed E-state index contributed by atoms with van der Waals surface area (Å²) in [6.07, 6.45) is 0. The van der Waals surface area contributed by atoms with Crippen LogP contribution in [-0.4, -0.2) is 10.0 Å². The highest BCUT2D eigenvalue weighted by Crippen LogP contribution is 2.32. The molecule has 0 aliphatic rings. The lowest BCUT2D eigenvalue weighted by atomic mass is 10.1. The average molecular weight is 179 g/mol. The Hall–Kier alpha value is -1.84. The lowest BCUT2D eigenvalue weighted by Gasteiger charge is -2.02. The van der Waals surface area contributed by atoms with Gasteiger partial charge >= 0.3 is 5.69 Å². The maximum absolute atomic E-state index is 10.4. The molecule has 1 aromatic rings. The molecule has 0 heterocycles. The first-order valence-electron chi connectivity index (χ1n) is 3.66. The molecule has 1 N–H and O–H groups in total. The highest BCUT2D eigenvalue weighted by atomic mass is 16.6. The topological polar surface area (TPSA) is 63.4 Å². The van der Waals surface area contributed by atoms with Gasteiger partial charge in [-0.2, -0.15) is 0 Å². The normalized spacial score (nSPS) is 9.62. The van der Waals surface area contributed by atoms with Gasteiger partial charge in [-0.25, -0.2) is 0 Å². The second kappa shape index (κ2) is 3.26. The molecule has 4 nitrogen and oxygen atoms in total. The zero-order valence-corrected chi connectivity index (χ0v) is 7.15. The van der Waals surface area contributed by atoms with Gasteiger partial charge in [0, 0.05) is 11.6 Å². The number of phenolic OH excluding ortho intramolecular Hbond substituents is 1. The first-order valence-corrected chi connectivity index (χ1v) is 3.66. The Balaban J connectivity index is 3.35. The molecule has 0 amide bonds. The van der Waals surface area contributed by atoms with Crippen molar-refractivity contribution in [1.29, 1.82) is 0 Å². The number of nitrogens with zero attached hydrogens (tertiary/aromatic N) is 1. The summed E-state index contributed by atoms with van der Waals surface area (Å²) >= 11 is 0. The minimum Gasteiger partial charge on any atom is -0.502 e. The van der Waals surface area contributed by atoms with Gasteiger partial charge in [0.25, 0.3) is 0 Å². The largest absolute Gasteiger partial charge is 0.502 e. The third-order valence-corrected chi connectivity index (χ3v) is 1.67. The van der Waals surface area contributed by atoms with Gasteiger partial charge in [-0.3, -0.25) is 10.1 Å². The second-order valence-corrected chi connectivity index (χ2v) is 2.71. The number of allylic oxidation sites excluding steroid dienone is 1. The molecule has 1 rings (SSSR count). The maximum atomic E-state index is 10.4. The predicted octanol–water partition coefficient (Wildman–Crippen LogP) is 2.33. The molecule has 0 aliphatic carbocycles. The van der Waals surface area contributed by atoms with Crippen LogP contribution in [0.25, 0.3) is 5.57 Å². The minimum atomic E-state index is -0.623. The molecule has 0 spiro atoms. The second-order valence-electron chi connectivity index (χ2n) is 2.71. The number of benzene rings is 1. The van der Waals surface area contributed by atoms with E-state index in [0.29, 0.717) is 11.1 Å². The van der Waals surface area contributed by atoms with Crippen molar-refractivity contribution in [3.05, 3.63) is 40.5 Å². The van der Waals surface area contributed by atoms with Gasteiger partial charge < -0.3 is 5.11 Å². The molecule has 13 heavy (non-hydrogen) atoms. The van der Waals surface area contributed by atoms with Gasteiger partial charge in [0.1, 0.15) is 0 Å². The number of hydrogen-bond acceptors (Lipinski definition) is 3. The Kier molecular flexibility index (Phi) is 2.32. The molecule has 1 aromatic carbocycles. The molecule has 0 radical (unpaired) electrons. The Morgan fingerprint density at radius 3 is 2.69 bits per heavy atom. The summed E-state index contributed by atoms with van der Waals surface area (Å²) in [5, 5.41) is 19.8. The van der Waals surface area contributed by atoms with Crippen molar-refractivity contribution < 1.29 is 10.0 Å². The molecule has 0 unspecified atom stereocenters. The highest BCUT2D eigenvalue weighted by Gasteiger charge is 2.15. The van der Waals surface area contributed by atoms with E-state index in [4.69, 9.17) is 0 Å². The molecule has 68 valence electrons. The van der Waals surface area contributed by atoms with Crippen molar-refractivity contribution in [1.82, 2.24) is 0 Å². The number of phenols is 1. The van der Waals surface area contributed by atoms with Gasteiger partial charge in [0.05, 0.1) is 4.92 Å². The highest BCUT2D eigenvalue weighted by molar-refractivity contribution is 5.71. The Morgan fingerprint density at radius 1 is 1.62 bits per heavy atom. The Bertz CT molecular complexity index is 339. The quantitative estimate of drug-likeness (QED) is 0.559. The summed E-state index contributed by atoms with van der Waals surface area (Å²) in [7, 11) is 0. The Labute approximate surface area is 75.3 Å². The zero-order chi connectivity index (χ0) is 10.0. The van der Waals surface area contributed by atoms with E-state index in [0.717, 1.165) is 0 Å². The first kappa shape index (κ1) is 9.25. The van der Waals surface area contributed by atoms with E-state index in [1.165, 1.54) is 12.1 Å². The SMILES string of the molecule is C=C(C)c1cccc([N+](=O)[O-])c1O. The van der Waals surface area contributed by atoms with Crippen LogP contribution < -0.4 is 0 Å².